The molecule has 6 heteroatoms. The number of imidazole rings is 1. The van der Waals surface area contributed by atoms with E-state index in [-0.39, 0.29) is 5.78 Å². The Morgan fingerprint density at radius 1 is 0.780 bits per heavy atom. The lowest BCUT2D eigenvalue weighted by Gasteiger charge is -2.37. The molecular formula is C35H28ClN3O2. The van der Waals surface area contributed by atoms with Crippen LogP contribution in [0.5, 0.6) is 0 Å². The van der Waals surface area contributed by atoms with Gasteiger partial charge in [0.25, 0.3) is 0 Å². The van der Waals surface area contributed by atoms with Crippen molar-refractivity contribution in [2.24, 2.45) is 7.05 Å². The van der Waals surface area contributed by atoms with Crippen molar-refractivity contribution in [2.45, 2.75) is 11.6 Å². The molecule has 0 spiro atoms. The number of carbonyl (C=O) groups is 1. The van der Waals surface area contributed by atoms with E-state index in [1.165, 1.54) is 0 Å². The summed E-state index contributed by atoms with van der Waals surface area (Å²) in [6, 6.07) is 39.4. The number of aliphatic hydroxyl groups excluding tert-OH is 1. The number of aromatic nitrogens is 3. The summed E-state index contributed by atoms with van der Waals surface area (Å²) < 4.78 is 3.79. The van der Waals surface area contributed by atoms with Gasteiger partial charge in [-0.2, -0.15) is 0 Å². The number of hydrogen-bond acceptors (Lipinski definition) is 3. The number of rotatable bonds is 8. The molecule has 6 aromatic rings. The Morgan fingerprint density at radius 3 is 1.80 bits per heavy atom. The van der Waals surface area contributed by atoms with Crippen LogP contribution in [0.1, 0.15) is 50.1 Å². The second-order valence-corrected chi connectivity index (χ2v) is 10.5. The lowest BCUT2D eigenvalue weighted by molar-refractivity contribution is 0.103. The van der Waals surface area contributed by atoms with E-state index in [4.69, 9.17) is 16.6 Å². The fraction of sp³-hybridized carbons (Fsp3) is 0.0857. The fourth-order valence-electron chi connectivity index (χ4n) is 5.53. The van der Waals surface area contributed by atoms with Gasteiger partial charge in [0, 0.05) is 35.6 Å². The summed E-state index contributed by atoms with van der Waals surface area (Å²) in [6.07, 6.45) is 4.40. The Bertz CT molecular complexity index is 1680. The first-order chi connectivity index (χ1) is 20.0. The number of aryl methyl sites for hydroxylation is 1. The molecule has 41 heavy (non-hydrogen) atoms. The predicted molar refractivity (Wildman–Crippen MR) is 161 cm³/mol. The first kappa shape index (κ1) is 26.5. The van der Waals surface area contributed by atoms with Gasteiger partial charge in [-0.3, -0.25) is 4.79 Å². The van der Waals surface area contributed by atoms with E-state index < -0.39 is 11.6 Å². The van der Waals surface area contributed by atoms with Crippen LogP contribution >= 0.6 is 11.6 Å². The minimum absolute atomic E-state index is 0.149. The molecule has 0 amide bonds. The van der Waals surface area contributed by atoms with Gasteiger partial charge in [0.15, 0.2) is 0 Å². The SMILES string of the molecule is Cn1cc(C(O)c2cn(C(c3ccccc3)(c3ccccc3)c3ccccc3)cn2)cc1C(=O)c1ccc(Cl)cc1. The molecule has 2 aromatic heterocycles. The topological polar surface area (TPSA) is 60.1 Å². The van der Waals surface area contributed by atoms with Crippen molar-refractivity contribution in [3.8, 4) is 0 Å². The third-order valence-corrected chi connectivity index (χ3v) is 7.78. The summed E-state index contributed by atoms with van der Waals surface area (Å²) >= 11 is 6.00. The zero-order valence-corrected chi connectivity index (χ0v) is 23.2. The van der Waals surface area contributed by atoms with Crippen LogP contribution < -0.4 is 0 Å². The highest BCUT2D eigenvalue weighted by atomic mass is 35.5. The van der Waals surface area contributed by atoms with Crippen LogP contribution in [0.25, 0.3) is 0 Å². The van der Waals surface area contributed by atoms with Gasteiger partial charge < -0.3 is 14.2 Å². The quantitative estimate of drug-likeness (QED) is 0.161. The molecule has 1 N–H and O–H groups in total. The predicted octanol–water partition coefficient (Wildman–Crippen LogP) is 7.03. The molecule has 0 saturated heterocycles. The summed E-state index contributed by atoms with van der Waals surface area (Å²) in [5, 5.41) is 12.1. The summed E-state index contributed by atoms with van der Waals surface area (Å²) in [4.78, 5) is 17.9. The van der Waals surface area contributed by atoms with Crippen LogP contribution in [0.15, 0.2) is 140 Å². The number of aliphatic hydroxyl groups is 1. The second kappa shape index (κ2) is 11.0. The van der Waals surface area contributed by atoms with Gasteiger partial charge in [-0.05, 0) is 47.0 Å². The number of ketones is 1. The van der Waals surface area contributed by atoms with Crippen LogP contribution in [0.4, 0.5) is 0 Å². The lowest BCUT2D eigenvalue weighted by atomic mass is 9.77. The molecule has 0 fully saturated rings. The van der Waals surface area contributed by atoms with Gasteiger partial charge in [0.05, 0.1) is 17.7 Å². The average Bonchev–Trinajstić information content (AvgIpc) is 3.67. The molecular weight excluding hydrogens is 530 g/mol. The summed E-state index contributed by atoms with van der Waals surface area (Å²) in [6.45, 7) is 0. The van der Waals surface area contributed by atoms with Crippen molar-refractivity contribution < 1.29 is 9.90 Å². The van der Waals surface area contributed by atoms with Crippen molar-refractivity contribution in [1.29, 1.82) is 0 Å². The third kappa shape index (κ3) is 4.80. The van der Waals surface area contributed by atoms with Crippen LogP contribution in [-0.2, 0) is 12.6 Å². The van der Waals surface area contributed by atoms with Gasteiger partial charge >= 0.3 is 0 Å². The highest BCUT2D eigenvalue weighted by molar-refractivity contribution is 6.30. The molecule has 0 aliphatic carbocycles. The largest absolute Gasteiger partial charge is 0.382 e. The third-order valence-electron chi connectivity index (χ3n) is 7.53. The van der Waals surface area contributed by atoms with Crippen molar-refractivity contribution >= 4 is 17.4 Å². The Balaban J connectivity index is 1.44. The van der Waals surface area contributed by atoms with Crippen LogP contribution in [-0.4, -0.2) is 25.0 Å². The Morgan fingerprint density at radius 2 is 1.29 bits per heavy atom. The Kier molecular flexibility index (Phi) is 7.14. The highest BCUT2D eigenvalue weighted by Gasteiger charge is 2.38. The zero-order chi connectivity index (χ0) is 28.4. The number of hydrogen-bond donors (Lipinski definition) is 1. The minimum Gasteiger partial charge on any atom is -0.382 e. The van der Waals surface area contributed by atoms with E-state index in [1.807, 2.05) is 60.8 Å². The molecule has 0 radical (unpaired) electrons. The molecule has 1 unspecified atom stereocenters. The molecule has 0 aliphatic heterocycles. The van der Waals surface area contributed by atoms with Gasteiger partial charge in [0.2, 0.25) is 5.78 Å². The zero-order valence-electron chi connectivity index (χ0n) is 22.4. The van der Waals surface area contributed by atoms with Crippen LogP contribution in [0.2, 0.25) is 5.02 Å². The number of benzene rings is 4. The highest BCUT2D eigenvalue weighted by Crippen LogP contribution is 2.41. The molecule has 1 atom stereocenters. The monoisotopic (exact) mass is 557 g/mol. The maximum absolute atomic E-state index is 13.2. The van der Waals surface area contributed by atoms with Gasteiger partial charge in [0.1, 0.15) is 11.6 Å². The first-order valence-electron chi connectivity index (χ1n) is 13.3. The molecule has 4 aromatic carbocycles. The number of nitrogens with zero attached hydrogens (tertiary/aromatic N) is 3. The molecule has 0 aliphatic rings. The second-order valence-electron chi connectivity index (χ2n) is 10.0. The maximum atomic E-state index is 13.2. The average molecular weight is 558 g/mol. The lowest BCUT2D eigenvalue weighted by Crippen LogP contribution is -2.37. The Labute approximate surface area is 243 Å². The van der Waals surface area contributed by atoms with Crippen LogP contribution in [0, 0.1) is 0 Å². The first-order valence-corrected chi connectivity index (χ1v) is 13.7. The summed E-state index contributed by atoms with van der Waals surface area (Å²) in [7, 11) is 1.79. The molecule has 202 valence electrons. The molecule has 0 saturated carbocycles. The van der Waals surface area contributed by atoms with Gasteiger partial charge in [-0.15, -0.1) is 0 Å². The smallest absolute Gasteiger partial charge is 0.209 e. The van der Waals surface area contributed by atoms with Crippen molar-refractivity contribution in [1.82, 2.24) is 14.1 Å². The fourth-order valence-corrected chi connectivity index (χ4v) is 5.66. The summed E-state index contributed by atoms with van der Waals surface area (Å²) in [5.74, 6) is -0.149. The molecule has 2 heterocycles. The van der Waals surface area contributed by atoms with E-state index in [0.717, 1.165) is 16.7 Å². The van der Waals surface area contributed by atoms with Crippen molar-refractivity contribution in [3.63, 3.8) is 0 Å². The van der Waals surface area contributed by atoms with E-state index in [0.29, 0.717) is 27.5 Å². The van der Waals surface area contributed by atoms with Crippen molar-refractivity contribution in [3.05, 3.63) is 184 Å². The van der Waals surface area contributed by atoms with E-state index in [1.54, 1.807) is 54.5 Å². The summed E-state index contributed by atoms with van der Waals surface area (Å²) in [5.41, 5.74) is 4.51. The van der Waals surface area contributed by atoms with Crippen LogP contribution in [0.3, 0.4) is 0 Å². The van der Waals surface area contributed by atoms with E-state index in [9.17, 15) is 9.90 Å². The normalized spacial score (nSPS) is 12.3. The Hall–Kier alpha value is -4.71. The minimum atomic E-state index is -1.03. The molecule has 5 nitrogen and oxygen atoms in total. The number of halogens is 1. The van der Waals surface area contributed by atoms with Crippen molar-refractivity contribution in [2.75, 3.05) is 0 Å². The van der Waals surface area contributed by atoms with E-state index in [2.05, 4.69) is 41.0 Å². The van der Waals surface area contributed by atoms with Gasteiger partial charge in [-0.1, -0.05) is 103 Å². The van der Waals surface area contributed by atoms with E-state index >= 15 is 0 Å². The maximum Gasteiger partial charge on any atom is 0.209 e. The molecule has 0 bridgehead atoms. The molecule has 6 rings (SSSR count). The standard InChI is InChI=1S/C35H28ClN3O2/c1-38-22-26(21-32(38)34(41)25-17-19-30(36)20-18-25)33(40)31-23-39(24-37-31)35(27-11-5-2-6-12-27,28-13-7-3-8-14-28)29-15-9-4-10-16-29/h2-24,33,40H,1H3. The number of carbonyl (C=O) groups excluding carboxylic acids is 1. The van der Waals surface area contributed by atoms with Gasteiger partial charge in [-0.25, -0.2) is 4.98 Å².